The van der Waals surface area contributed by atoms with Crippen LogP contribution in [0.3, 0.4) is 0 Å². The van der Waals surface area contributed by atoms with Gasteiger partial charge in [-0.1, -0.05) is 38.5 Å². The van der Waals surface area contributed by atoms with Crippen LogP contribution in [0.1, 0.15) is 75.9 Å². The Morgan fingerprint density at radius 2 is 1.73 bits per heavy atom. The van der Waals surface area contributed by atoms with Gasteiger partial charge >= 0.3 is 5.69 Å². The molecule has 1 atom stereocenters. The molecule has 0 amide bonds. The minimum Gasteiger partial charge on any atom is -0.364 e. The molecule has 2 fully saturated rings. The van der Waals surface area contributed by atoms with Gasteiger partial charge in [0.2, 0.25) is 11.1 Å². The minimum absolute atomic E-state index is 0.0167. The molecule has 1 aromatic heterocycles. The predicted molar refractivity (Wildman–Crippen MR) is 102 cm³/mol. The van der Waals surface area contributed by atoms with Gasteiger partial charge in [-0.15, -0.1) is 0 Å². The van der Waals surface area contributed by atoms with Crippen molar-refractivity contribution in [2.45, 2.75) is 70.3 Å². The third-order valence-electron chi connectivity index (χ3n) is 5.82. The summed E-state index contributed by atoms with van der Waals surface area (Å²) < 4.78 is 0. The SMILES string of the molecule is NC(c1nc(Cl)nc(NCC2CCCCC2)c1[N+](=O)[O-])C1CCCCC1. The van der Waals surface area contributed by atoms with Crippen molar-refractivity contribution in [1.82, 2.24) is 9.97 Å². The van der Waals surface area contributed by atoms with Gasteiger partial charge in [-0.3, -0.25) is 10.1 Å². The Labute approximate surface area is 159 Å². The van der Waals surface area contributed by atoms with Crippen molar-refractivity contribution >= 4 is 23.1 Å². The molecule has 3 N–H and O–H groups in total. The fraction of sp³-hybridized carbons (Fsp3) is 0.778. The van der Waals surface area contributed by atoms with Crippen LogP contribution in [-0.4, -0.2) is 21.4 Å². The van der Waals surface area contributed by atoms with Crippen molar-refractivity contribution in [2.24, 2.45) is 17.6 Å². The molecule has 7 nitrogen and oxygen atoms in total. The highest BCUT2D eigenvalue weighted by molar-refractivity contribution is 6.28. The van der Waals surface area contributed by atoms with Crippen molar-refractivity contribution in [3.05, 3.63) is 21.1 Å². The number of anilines is 1. The summed E-state index contributed by atoms with van der Waals surface area (Å²) in [4.78, 5) is 19.6. The van der Waals surface area contributed by atoms with Crippen LogP contribution in [0.2, 0.25) is 5.28 Å². The van der Waals surface area contributed by atoms with Gasteiger partial charge in [0.1, 0.15) is 5.69 Å². The van der Waals surface area contributed by atoms with Gasteiger partial charge in [-0.05, 0) is 49.1 Å². The largest absolute Gasteiger partial charge is 0.364 e. The zero-order valence-electron chi connectivity index (χ0n) is 15.1. The molecule has 144 valence electrons. The Morgan fingerprint density at radius 3 is 2.35 bits per heavy atom. The van der Waals surface area contributed by atoms with E-state index in [0.717, 1.165) is 38.5 Å². The molecule has 0 aliphatic heterocycles. The lowest BCUT2D eigenvalue weighted by Crippen LogP contribution is -2.26. The highest BCUT2D eigenvalue weighted by atomic mass is 35.5. The van der Waals surface area contributed by atoms with E-state index in [9.17, 15) is 10.1 Å². The highest BCUT2D eigenvalue weighted by Crippen LogP contribution is 2.38. The zero-order chi connectivity index (χ0) is 18.5. The molecule has 2 aliphatic rings. The van der Waals surface area contributed by atoms with E-state index in [0.29, 0.717) is 12.5 Å². The maximum absolute atomic E-state index is 11.8. The van der Waals surface area contributed by atoms with E-state index >= 15 is 0 Å². The van der Waals surface area contributed by atoms with Crippen LogP contribution in [0, 0.1) is 22.0 Å². The van der Waals surface area contributed by atoms with Crippen molar-refractivity contribution in [3.8, 4) is 0 Å². The molecule has 26 heavy (non-hydrogen) atoms. The predicted octanol–water partition coefficient (Wildman–Crippen LogP) is 4.61. The lowest BCUT2D eigenvalue weighted by Gasteiger charge is -2.27. The molecule has 1 unspecified atom stereocenters. The normalized spacial score (nSPS) is 20.7. The Hall–Kier alpha value is -1.47. The molecule has 0 spiro atoms. The number of hydrogen-bond acceptors (Lipinski definition) is 6. The second kappa shape index (κ2) is 8.95. The van der Waals surface area contributed by atoms with Crippen LogP contribution in [0.4, 0.5) is 11.5 Å². The number of hydrogen-bond donors (Lipinski definition) is 2. The Kier molecular flexibility index (Phi) is 6.64. The first-order valence-corrected chi connectivity index (χ1v) is 10.2. The zero-order valence-corrected chi connectivity index (χ0v) is 15.9. The third-order valence-corrected chi connectivity index (χ3v) is 5.99. The number of nitrogens with two attached hydrogens (primary N) is 1. The van der Waals surface area contributed by atoms with Gasteiger partial charge in [0, 0.05) is 6.54 Å². The molecule has 0 bridgehead atoms. The summed E-state index contributed by atoms with van der Waals surface area (Å²) >= 11 is 6.09. The Morgan fingerprint density at radius 1 is 1.12 bits per heavy atom. The van der Waals surface area contributed by atoms with Crippen molar-refractivity contribution in [1.29, 1.82) is 0 Å². The van der Waals surface area contributed by atoms with E-state index in [2.05, 4.69) is 15.3 Å². The van der Waals surface area contributed by atoms with E-state index in [1.54, 1.807) is 0 Å². The molecular weight excluding hydrogens is 354 g/mol. The topological polar surface area (TPSA) is 107 Å². The van der Waals surface area contributed by atoms with Gasteiger partial charge in [-0.25, -0.2) is 4.98 Å². The molecule has 1 heterocycles. The van der Waals surface area contributed by atoms with Gasteiger partial charge in [-0.2, -0.15) is 4.98 Å². The van der Waals surface area contributed by atoms with E-state index in [4.69, 9.17) is 17.3 Å². The van der Waals surface area contributed by atoms with Crippen LogP contribution in [-0.2, 0) is 0 Å². The smallest absolute Gasteiger partial charge is 0.334 e. The molecule has 0 aromatic carbocycles. The average molecular weight is 382 g/mol. The summed E-state index contributed by atoms with van der Waals surface area (Å²) in [5, 5.41) is 15.0. The summed E-state index contributed by atoms with van der Waals surface area (Å²) in [6, 6.07) is -0.480. The maximum atomic E-state index is 11.8. The summed E-state index contributed by atoms with van der Waals surface area (Å²) in [6.45, 7) is 0.673. The molecule has 1 aromatic rings. The Bertz CT molecular complexity index is 630. The number of nitro groups is 1. The molecule has 0 radical (unpaired) electrons. The molecule has 3 rings (SSSR count). The average Bonchev–Trinajstić information content (AvgIpc) is 2.66. The summed E-state index contributed by atoms with van der Waals surface area (Å²) in [7, 11) is 0. The Balaban J connectivity index is 1.83. The van der Waals surface area contributed by atoms with Crippen molar-refractivity contribution in [2.75, 3.05) is 11.9 Å². The second-order valence-corrected chi connectivity index (χ2v) is 7.98. The van der Waals surface area contributed by atoms with Gasteiger partial charge in [0.25, 0.3) is 0 Å². The van der Waals surface area contributed by atoms with Crippen LogP contribution in [0.25, 0.3) is 0 Å². The number of nitrogens with zero attached hydrogens (tertiary/aromatic N) is 3. The minimum atomic E-state index is -0.480. The maximum Gasteiger partial charge on any atom is 0.334 e. The molecule has 2 saturated carbocycles. The molecular formula is C18H28ClN5O2. The van der Waals surface area contributed by atoms with E-state index in [1.165, 1.54) is 25.7 Å². The van der Waals surface area contributed by atoms with Crippen molar-refractivity contribution in [3.63, 3.8) is 0 Å². The van der Waals surface area contributed by atoms with E-state index < -0.39 is 11.0 Å². The quantitative estimate of drug-likeness (QED) is 0.423. The van der Waals surface area contributed by atoms with Crippen LogP contribution in [0.5, 0.6) is 0 Å². The molecule has 8 heteroatoms. The summed E-state index contributed by atoms with van der Waals surface area (Å²) in [5.41, 5.74) is 6.57. The van der Waals surface area contributed by atoms with Crippen LogP contribution >= 0.6 is 11.6 Å². The first-order chi connectivity index (χ1) is 12.6. The van der Waals surface area contributed by atoms with Gasteiger partial charge < -0.3 is 11.1 Å². The summed E-state index contributed by atoms with van der Waals surface area (Å²) in [5.74, 6) is 0.939. The number of aromatic nitrogens is 2. The second-order valence-electron chi connectivity index (χ2n) is 7.64. The molecule has 2 aliphatic carbocycles. The third kappa shape index (κ3) is 4.62. The molecule has 0 saturated heterocycles. The fourth-order valence-corrected chi connectivity index (χ4v) is 4.50. The summed E-state index contributed by atoms with van der Waals surface area (Å²) in [6.07, 6.45) is 11.4. The fourth-order valence-electron chi connectivity index (χ4n) is 4.33. The monoisotopic (exact) mass is 381 g/mol. The first kappa shape index (κ1) is 19.3. The van der Waals surface area contributed by atoms with Crippen molar-refractivity contribution < 1.29 is 4.92 Å². The highest BCUT2D eigenvalue weighted by Gasteiger charge is 2.33. The van der Waals surface area contributed by atoms with E-state index in [-0.39, 0.29) is 28.4 Å². The number of nitrogens with one attached hydrogen (secondary N) is 1. The first-order valence-electron chi connectivity index (χ1n) is 9.77. The van der Waals surface area contributed by atoms with Crippen LogP contribution in [0.15, 0.2) is 0 Å². The van der Waals surface area contributed by atoms with Crippen LogP contribution < -0.4 is 11.1 Å². The number of rotatable bonds is 6. The lowest BCUT2D eigenvalue weighted by molar-refractivity contribution is -0.385. The number of halogens is 1. The van der Waals surface area contributed by atoms with E-state index in [1.807, 2.05) is 0 Å². The van der Waals surface area contributed by atoms with Gasteiger partial charge in [0.15, 0.2) is 0 Å². The lowest BCUT2D eigenvalue weighted by atomic mass is 9.82. The standard InChI is InChI=1S/C18H28ClN5O2/c19-18-22-15(14(20)13-9-5-2-6-10-13)16(24(25)26)17(23-18)21-11-12-7-3-1-4-8-12/h12-14H,1-11,20H2,(H,21,22,23). The van der Waals surface area contributed by atoms with Gasteiger partial charge in [0.05, 0.1) is 11.0 Å².